The fourth-order valence-electron chi connectivity index (χ4n) is 2.19. The maximum Gasteiger partial charge on any atom is 0.412 e. The zero-order valence-corrected chi connectivity index (χ0v) is 17.1. The first-order valence-corrected chi connectivity index (χ1v) is 9.13. The van der Waals surface area contributed by atoms with Crippen molar-refractivity contribution in [1.82, 2.24) is 0 Å². The third-order valence-electron chi connectivity index (χ3n) is 3.91. The van der Waals surface area contributed by atoms with E-state index in [4.69, 9.17) is 0 Å². The first kappa shape index (κ1) is 23.6. The van der Waals surface area contributed by atoms with E-state index in [-0.39, 0.29) is 27.9 Å². The summed E-state index contributed by atoms with van der Waals surface area (Å²) in [6, 6.07) is 4.43. The van der Waals surface area contributed by atoms with Gasteiger partial charge in [-0.15, -0.1) is 11.8 Å². The molecule has 0 bridgehead atoms. The minimum atomic E-state index is -4.52. The van der Waals surface area contributed by atoms with Crippen molar-refractivity contribution in [2.24, 2.45) is 0 Å². The highest BCUT2D eigenvalue weighted by molar-refractivity contribution is 8.00. The standard InChI is InChI=1S/C21H22F4N2S/c1-12(2)16(7)28-20-10-19(18(22)9-17(20)11-26)27(13(3)4)15(6)8-14(5)21(23,24)25/h8-10,16H,1,3,6H2,2,4-5,7H3/b14-8+. The molecule has 0 amide bonds. The number of nitrogens with zero attached hydrogens (tertiary/aromatic N) is 2. The number of benzene rings is 1. The first-order chi connectivity index (χ1) is 12.8. The van der Waals surface area contributed by atoms with Crippen LogP contribution in [0.4, 0.5) is 23.2 Å². The Labute approximate surface area is 167 Å². The van der Waals surface area contributed by atoms with Gasteiger partial charge in [0.25, 0.3) is 0 Å². The smallest absolute Gasteiger partial charge is 0.313 e. The summed E-state index contributed by atoms with van der Waals surface area (Å²) in [7, 11) is 0. The highest BCUT2D eigenvalue weighted by atomic mass is 32.2. The van der Waals surface area contributed by atoms with Crippen molar-refractivity contribution in [1.29, 1.82) is 5.26 Å². The van der Waals surface area contributed by atoms with E-state index in [1.165, 1.54) is 29.7 Å². The Hall–Kier alpha value is -2.46. The van der Waals surface area contributed by atoms with Crippen LogP contribution in [0.1, 0.15) is 33.3 Å². The SMILES string of the molecule is C=C(C)C(C)Sc1cc(N(C(=C)C)C(=C)/C=C(\C)C(F)(F)F)c(F)cc1C#N. The fourth-order valence-corrected chi connectivity index (χ4v) is 3.19. The lowest BCUT2D eigenvalue weighted by atomic mass is 10.1. The predicted molar refractivity (Wildman–Crippen MR) is 107 cm³/mol. The molecule has 0 radical (unpaired) electrons. The van der Waals surface area contributed by atoms with Crippen molar-refractivity contribution in [2.75, 3.05) is 4.90 Å². The zero-order chi connectivity index (χ0) is 21.8. The van der Waals surface area contributed by atoms with Crippen LogP contribution in [0.3, 0.4) is 0 Å². The zero-order valence-electron chi connectivity index (χ0n) is 16.2. The summed E-state index contributed by atoms with van der Waals surface area (Å²) in [4.78, 5) is 1.69. The van der Waals surface area contributed by atoms with Gasteiger partial charge in [0.15, 0.2) is 0 Å². The lowest BCUT2D eigenvalue weighted by Crippen LogP contribution is -2.21. The van der Waals surface area contributed by atoms with E-state index < -0.39 is 17.6 Å². The van der Waals surface area contributed by atoms with Crippen LogP contribution >= 0.6 is 11.8 Å². The number of thioether (sulfide) groups is 1. The molecule has 0 heterocycles. The Balaban J connectivity index is 3.52. The first-order valence-electron chi connectivity index (χ1n) is 8.25. The molecule has 0 aliphatic heterocycles. The highest BCUT2D eigenvalue weighted by Gasteiger charge is 2.30. The molecule has 1 rings (SSSR count). The molecule has 0 spiro atoms. The molecular formula is C21H22F4N2S. The van der Waals surface area contributed by atoms with Gasteiger partial charge in [0, 0.05) is 27.1 Å². The Kier molecular flexibility index (Phi) is 7.71. The summed E-state index contributed by atoms with van der Waals surface area (Å²) >= 11 is 1.31. The van der Waals surface area contributed by atoms with Crippen molar-refractivity contribution < 1.29 is 17.6 Å². The molecule has 1 atom stereocenters. The predicted octanol–water partition coefficient (Wildman–Crippen LogP) is 7.12. The number of halogens is 4. The van der Waals surface area contributed by atoms with Crippen molar-refractivity contribution >= 4 is 17.4 Å². The van der Waals surface area contributed by atoms with Crippen molar-refractivity contribution in [2.45, 2.75) is 44.0 Å². The summed E-state index contributed by atoms with van der Waals surface area (Å²) in [5, 5.41) is 9.27. The van der Waals surface area contributed by atoms with Crippen LogP contribution in [0.5, 0.6) is 0 Å². The van der Waals surface area contributed by atoms with Gasteiger partial charge in [-0.05, 0) is 45.9 Å². The topological polar surface area (TPSA) is 27.0 Å². The van der Waals surface area contributed by atoms with Gasteiger partial charge >= 0.3 is 6.18 Å². The van der Waals surface area contributed by atoms with Crippen molar-refractivity contribution in [3.05, 3.63) is 71.9 Å². The molecule has 0 aliphatic carbocycles. The number of hydrogen-bond donors (Lipinski definition) is 0. The highest BCUT2D eigenvalue weighted by Crippen LogP contribution is 2.37. The van der Waals surface area contributed by atoms with Gasteiger partial charge in [-0.25, -0.2) is 4.39 Å². The molecule has 0 fully saturated rings. The van der Waals surface area contributed by atoms with Crippen molar-refractivity contribution in [3.63, 3.8) is 0 Å². The van der Waals surface area contributed by atoms with Gasteiger partial charge in [0.2, 0.25) is 0 Å². The maximum absolute atomic E-state index is 14.7. The number of nitriles is 1. The molecule has 28 heavy (non-hydrogen) atoms. The van der Waals surface area contributed by atoms with Crippen LogP contribution in [0.25, 0.3) is 0 Å². The minimum Gasteiger partial charge on any atom is -0.313 e. The van der Waals surface area contributed by atoms with Crippen LogP contribution in [-0.2, 0) is 0 Å². The van der Waals surface area contributed by atoms with Crippen LogP contribution in [0, 0.1) is 17.1 Å². The number of hydrogen-bond acceptors (Lipinski definition) is 3. The molecule has 0 N–H and O–H groups in total. The quantitative estimate of drug-likeness (QED) is 0.207. The molecule has 1 aromatic carbocycles. The van der Waals surface area contributed by atoms with Crippen LogP contribution in [0.15, 0.2) is 65.4 Å². The number of alkyl halides is 3. The largest absolute Gasteiger partial charge is 0.412 e. The monoisotopic (exact) mass is 410 g/mol. The van der Waals surface area contributed by atoms with Crippen LogP contribution in [-0.4, -0.2) is 11.4 Å². The van der Waals surface area contributed by atoms with E-state index >= 15 is 0 Å². The van der Waals surface area contributed by atoms with E-state index in [1.807, 2.05) is 19.9 Å². The molecule has 1 unspecified atom stereocenters. The second-order valence-corrected chi connectivity index (χ2v) is 7.79. The summed E-state index contributed by atoms with van der Waals surface area (Å²) in [6.07, 6.45) is -3.69. The van der Waals surface area contributed by atoms with Gasteiger partial charge in [-0.2, -0.15) is 18.4 Å². The molecule has 2 nitrogen and oxygen atoms in total. The summed E-state index contributed by atoms with van der Waals surface area (Å²) in [6.45, 7) is 17.4. The summed E-state index contributed by atoms with van der Waals surface area (Å²) < 4.78 is 53.3. The Morgan fingerprint density at radius 2 is 1.79 bits per heavy atom. The molecule has 0 aromatic heterocycles. The van der Waals surface area contributed by atoms with Crippen LogP contribution in [0.2, 0.25) is 0 Å². The minimum absolute atomic E-state index is 0.0286. The molecule has 0 aliphatic rings. The van der Waals surface area contributed by atoms with E-state index in [9.17, 15) is 22.8 Å². The van der Waals surface area contributed by atoms with Gasteiger partial charge in [-0.1, -0.05) is 25.3 Å². The second-order valence-electron chi connectivity index (χ2n) is 6.41. The fraction of sp³-hybridized carbons (Fsp3) is 0.286. The lowest BCUT2D eigenvalue weighted by molar-refractivity contribution is -0.0913. The maximum atomic E-state index is 14.7. The van der Waals surface area contributed by atoms with Crippen molar-refractivity contribution in [3.8, 4) is 6.07 Å². The number of rotatable bonds is 7. The molecular weight excluding hydrogens is 388 g/mol. The lowest BCUT2D eigenvalue weighted by Gasteiger charge is -2.27. The van der Waals surface area contributed by atoms with E-state index in [1.54, 1.807) is 0 Å². The third-order valence-corrected chi connectivity index (χ3v) is 5.25. The van der Waals surface area contributed by atoms with Crippen LogP contribution < -0.4 is 4.90 Å². The molecule has 0 saturated carbocycles. The summed E-state index contributed by atoms with van der Waals surface area (Å²) in [5.41, 5.74) is 0.291. The third kappa shape index (κ3) is 5.77. The number of allylic oxidation sites excluding steroid dienone is 3. The molecule has 0 saturated heterocycles. The molecule has 1 aromatic rings. The Morgan fingerprint density at radius 3 is 2.21 bits per heavy atom. The van der Waals surface area contributed by atoms with Gasteiger partial charge < -0.3 is 4.90 Å². The van der Waals surface area contributed by atoms with E-state index in [0.717, 1.165) is 24.6 Å². The second kappa shape index (κ2) is 9.16. The molecule has 7 heteroatoms. The average Bonchev–Trinajstić information content (AvgIpc) is 2.55. The Morgan fingerprint density at radius 1 is 1.21 bits per heavy atom. The average molecular weight is 410 g/mol. The molecule has 150 valence electrons. The summed E-state index contributed by atoms with van der Waals surface area (Å²) in [5.74, 6) is -0.758. The van der Waals surface area contributed by atoms with Gasteiger partial charge in [0.05, 0.1) is 11.3 Å². The number of anilines is 1. The normalized spacial score (nSPS) is 12.9. The van der Waals surface area contributed by atoms with E-state index in [2.05, 4.69) is 19.7 Å². The van der Waals surface area contributed by atoms with E-state index in [0.29, 0.717) is 4.90 Å². The van der Waals surface area contributed by atoms with Gasteiger partial charge in [0.1, 0.15) is 11.9 Å². The Bertz CT molecular complexity index is 876. The van der Waals surface area contributed by atoms with Gasteiger partial charge in [-0.3, -0.25) is 0 Å².